The summed E-state index contributed by atoms with van der Waals surface area (Å²) >= 11 is 6.39. The highest BCUT2D eigenvalue weighted by Crippen LogP contribution is 2.31. The molecule has 4 rings (SSSR count). The van der Waals surface area contributed by atoms with Crippen LogP contribution in [0.3, 0.4) is 0 Å². The van der Waals surface area contributed by atoms with Gasteiger partial charge in [0.2, 0.25) is 0 Å². The van der Waals surface area contributed by atoms with E-state index < -0.39 is 0 Å². The van der Waals surface area contributed by atoms with Crippen molar-refractivity contribution in [2.24, 2.45) is 0 Å². The normalized spacial score (nSPS) is 14.7. The molecule has 0 atom stereocenters. The second-order valence-corrected chi connectivity index (χ2v) is 9.22. The zero-order valence-electron chi connectivity index (χ0n) is 17.9. The first-order valence-electron chi connectivity index (χ1n) is 10.8. The minimum atomic E-state index is -0.176. The van der Waals surface area contributed by atoms with Crippen molar-refractivity contribution < 1.29 is 9.53 Å². The number of carbonyl (C=O) groups is 1. The second kappa shape index (κ2) is 10.6. The molecule has 1 aliphatic rings. The number of para-hydroxylation sites is 1. The molecule has 1 saturated heterocycles. The minimum Gasteiger partial charge on any atom is -0.494 e. The van der Waals surface area contributed by atoms with Crippen LogP contribution < -0.4 is 10.1 Å². The van der Waals surface area contributed by atoms with Crippen LogP contribution in [-0.4, -0.2) is 26.6 Å². The van der Waals surface area contributed by atoms with Gasteiger partial charge in [0, 0.05) is 17.3 Å². The molecule has 1 fully saturated rings. The first kappa shape index (κ1) is 22.3. The number of nitrogens with zero attached hydrogens (tertiary/aromatic N) is 2. The van der Waals surface area contributed by atoms with Crippen molar-refractivity contribution in [3.05, 3.63) is 71.3 Å². The molecule has 1 N–H and O–H groups in total. The maximum absolute atomic E-state index is 12.2. The fourth-order valence-corrected chi connectivity index (χ4v) is 4.46. The third-order valence-corrected chi connectivity index (χ3v) is 6.25. The SMILES string of the molecule is CCCCCCOc1ccc(-c2nn(-c3ccccc3)cc2/C=C2\SC(=S)NC2=O)cc1. The van der Waals surface area contributed by atoms with Gasteiger partial charge in [-0.25, -0.2) is 4.68 Å². The number of unbranched alkanes of at least 4 members (excludes halogenated alkanes) is 3. The molecule has 2 heterocycles. The number of aromatic nitrogens is 2. The van der Waals surface area contributed by atoms with E-state index in [1.165, 1.54) is 31.0 Å². The molecule has 7 heteroatoms. The summed E-state index contributed by atoms with van der Waals surface area (Å²) < 4.78 is 8.17. The van der Waals surface area contributed by atoms with Crippen LogP contribution in [0.2, 0.25) is 0 Å². The van der Waals surface area contributed by atoms with E-state index in [2.05, 4.69) is 12.2 Å². The Labute approximate surface area is 197 Å². The highest BCUT2D eigenvalue weighted by Gasteiger charge is 2.23. The number of hydrogen-bond donors (Lipinski definition) is 1. The van der Waals surface area contributed by atoms with Gasteiger partial charge in [0.1, 0.15) is 10.1 Å². The van der Waals surface area contributed by atoms with Crippen molar-refractivity contribution in [1.29, 1.82) is 0 Å². The Morgan fingerprint density at radius 3 is 2.56 bits per heavy atom. The van der Waals surface area contributed by atoms with Gasteiger partial charge >= 0.3 is 0 Å². The minimum absolute atomic E-state index is 0.176. The van der Waals surface area contributed by atoms with Crippen LogP contribution in [0, 0.1) is 0 Å². The predicted octanol–water partition coefficient (Wildman–Crippen LogP) is 5.99. The molecule has 0 radical (unpaired) electrons. The highest BCUT2D eigenvalue weighted by molar-refractivity contribution is 8.26. The lowest BCUT2D eigenvalue weighted by Gasteiger charge is -2.07. The number of thiocarbonyl (C=S) groups is 1. The first-order valence-corrected chi connectivity index (χ1v) is 12.0. The van der Waals surface area contributed by atoms with Gasteiger partial charge in [-0.1, -0.05) is 68.4 Å². The van der Waals surface area contributed by atoms with Crippen molar-refractivity contribution in [1.82, 2.24) is 15.1 Å². The monoisotopic (exact) mass is 463 g/mol. The van der Waals surface area contributed by atoms with Crippen LogP contribution in [0.4, 0.5) is 0 Å². The van der Waals surface area contributed by atoms with E-state index >= 15 is 0 Å². The molecule has 3 aromatic rings. The Kier molecular flexibility index (Phi) is 7.39. The summed E-state index contributed by atoms with van der Waals surface area (Å²) in [6.45, 7) is 2.93. The van der Waals surface area contributed by atoms with E-state index in [-0.39, 0.29) is 5.91 Å². The standard InChI is InChI=1S/C25H25N3O2S2/c1-2-3-4-8-15-30-21-13-11-18(12-14-21)23-19(16-22-24(29)26-25(31)32-22)17-28(27-23)20-9-6-5-7-10-20/h5-7,9-14,16-17H,2-4,8,15H2,1H3,(H,26,29,31)/b22-16-. The quantitative estimate of drug-likeness (QED) is 0.240. The van der Waals surface area contributed by atoms with Gasteiger partial charge in [0.25, 0.3) is 5.91 Å². The van der Waals surface area contributed by atoms with E-state index in [1.54, 1.807) is 0 Å². The summed E-state index contributed by atoms with van der Waals surface area (Å²) in [4.78, 5) is 12.8. The molecule has 164 valence electrons. The van der Waals surface area contributed by atoms with Gasteiger partial charge in [-0.05, 0) is 48.9 Å². The number of ether oxygens (including phenoxy) is 1. The van der Waals surface area contributed by atoms with Crippen LogP contribution in [0.1, 0.15) is 38.2 Å². The predicted molar refractivity (Wildman–Crippen MR) is 135 cm³/mol. The van der Waals surface area contributed by atoms with Crippen LogP contribution in [-0.2, 0) is 4.79 Å². The number of rotatable bonds is 9. The van der Waals surface area contributed by atoms with Crippen molar-refractivity contribution >= 4 is 40.3 Å². The molecule has 32 heavy (non-hydrogen) atoms. The third kappa shape index (κ3) is 5.47. The smallest absolute Gasteiger partial charge is 0.263 e. The Bertz CT molecular complexity index is 1120. The zero-order valence-corrected chi connectivity index (χ0v) is 19.5. The number of carbonyl (C=O) groups excluding carboxylic acids is 1. The van der Waals surface area contributed by atoms with Crippen LogP contribution >= 0.6 is 24.0 Å². The molecule has 0 bridgehead atoms. The van der Waals surface area contributed by atoms with Gasteiger partial charge < -0.3 is 10.1 Å². The number of benzene rings is 2. The average molecular weight is 464 g/mol. The van der Waals surface area contributed by atoms with Gasteiger partial charge in [-0.3, -0.25) is 4.79 Å². The van der Waals surface area contributed by atoms with Crippen molar-refractivity contribution in [3.63, 3.8) is 0 Å². The lowest BCUT2D eigenvalue weighted by molar-refractivity contribution is -0.115. The molecular weight excluding hydrogens is 438 g/mol. The molecule has 0 spiro atoms. The fourth-order valence-electron chi connectivity index (χ4n) is 3.42. The number of hydrogen-bond acceptors (Lipinski definition) is 5. The van der Waals surface area contributed by atoms with E-state index in [0.717, 1.165) is 41.3 Å². The summed E-state index contributed by atoms with van der Waals surface area (Å²) in [7, 11) is 0. The van der Waals surface area contributed by atoms with Crippen molar-refractivity contribution in [3.8, 4) is 22.7 Å². The van der Waals surface area contributed by atoms with Crippen LogP contribution in [0.5, 0.6) is 5.75 Å². The molecule has 1 amide bonds. The summed E-state index contributed by atoms with van der Waals surface area (Å²) in [6.07, 6.45) is 8.50. The van der Waals surface area contributed by atoms with Crippen molar-refractivity contribution in [2.45, 2.75) is 32.6 Å². The van der Waals surface area contributed by atoms with Crippen LogP contribution in [0.15, 0.2) is 65.7 Å². The van der Waals surface area contributed by atoms with Crippen molar-refractivity contribution in [2.75, 3.05) is 6.61 Å². The molecule has 1 aromatic heterocycles. The third-order valence-electron chi connectivity index (χ3n) is 5.09. The molecule has 0 saturated carbocycles. The Hall–Kier alpha value is -2.90. The van der Waals surface area contributed by atoms with Gasteiger partial charge in [-0.2, -0.15) is 5.10 Å². The lowest BCUT2D eigenvalue weighted by Crippen LogP contribution is -2.17. The van der Waals surface area contributed by atoms with E-state index in [4.69, 9.17) is 22.1 Å². The number of nitrogens with one attached hydrogen (secondary N) is 1. The summed E-state index contributed by atoms with van der Waals surface area (Å²) in [5.41, 5.74) is 3.55. The van der Waals surface area contributed by atoms with E-state index in [1.807, 2.05) is 71.6 Å². The van der Waals surface area contributed by atoms with E-state index in [9.17, 15) is 4.79 Å². The fraction of sp³-hybridized carbons (Fsp3) is 0.240. The molecule has 2 aromatic carbocycles. The van der Waals surface area contributed by atoms with Crippen LogP contribution in [0.25, 0.3) is 23.0 Å². The second-order valence-electron chi connectivity index (χ2n) is 7.50. The maximum atomic E-state index is 12.2. The Balaban J connectivity index is 1.60. The first-order chi connectivity index (χ1) is 15.6. The Morgan fingerprint density at radius 2 is 1.88 bits per heavy atom. The molecule has 5 nitrogen and oxygen atoms in total. The molecule has 0 unspecified atom stereocenters. The molecular formula is C25H25N3O2S2. The lowest BCUT2D eigenvalue weighted by atomic mass is 10.1. The Morgan fingerprint density at radius 1 is 1.09 bits per heavy atom. The number of amides is 1. The summed E-state index contributed by atoms with van der Waals surface area (Å²) in [5.74, 6) is 0.675. The highest BCUT2D eigenvalue weighted by atomic mass is 32.2. The zero-order chi connectivity index (χ0) is 22.3. The largest absolute Gasteiger partial charge is 0.494 e. The average Bonchev–Trinajstić information content (AvgIpc) is 3.37. The van der Waals surface area contributed by atoms with Gasteiger partial charge in [0.15, 0.2) is 0 Å². The molecule has 1 aliphatic heterocycles. The topological polar surface area (TPSA) is 56.1 Å². The van der Waals surface area contributed by atoms with Gasteiger partial charge in [-0.15, -0.1) is 0 Å². The summed E-state index contributed by atoms with van der Waals surface area (Å²) in [6, 6.07) is 17.9. The van der Waals surface area contributed by atoms with Gasteiger partial charge in [0.05, 0.1) is 22.9 Å². The molecule has 0 aliphatic carbocycles. The number of thioether (sulfide) groups is 1. The maximum Gasteiger partial charge on any atom is 0.263 e. The summed E-state index contributed by atoms with van der Waals surface area (Å²) in [5, 5.41) is 7.49. The van der Waals surface area contributed by atoms with E-state index in [0.29, 0.717) is 9.23 Å².